The third-order valence-corrected chi connectivity index (χ3v) is 4.36. The lowest BCUT2D eigenvalue weighted by Gasteiger charge is -2.06. The summed E-state index contributed by atoms with van der Waals surface area (Å²) in [6, 6.07) is 9.87. The molecule has 1 fully saturated rings. The molecule has 0 saturated heterocycles. The highest BCUT2D eigenvalue weighted by Gasteiger charge is 2.90. The number of hydrogen-bond donors (Lipinski definition) is 1. The van der Waals surface area contributed by atoms with Crippen LogP contribution in [-0.4, -0.2) is 24.6 Å². The van der Waals surface area contributed by atoms with Crippen molar-refractivity contribution in [2.45, 2.75) is 0 Å². The molecule has 1 aromatic carbocycles. The quantitative estimate of drug-likeness (QED) is 0.804. The third-order valence-electron chi connectivity index (χ3n) is 4.36. The highest BCUT2D eigenvalue weighted by Crippen LogP contribution is 2.72. The van der Waals surface area contributed by atoms with Crippen LogP contribution < -0.4 is 10.5 Å². The van der Waals surface area contributed by atoms with Crippen molar-refractivity contribution in [3.8, 4) is 17.9 Å². The number of carbonyl (C=O) groups excluding carboxylic acids is 2. The van der Waals surface area contributed by atoms with Crippen LogP contribution in [-0.2, 0) is 4.79 Å². The minimum Gasteiger partial charge on any atom is -0.497 e. The van der Waals surface area contributed by atoms with E-state index in [0.717, 1.165) is 0 Å². The molecule has 7 nitrogen and oxygen atoms in total. The smallest absolute Gasteiger partial charge is 0.270 e. The lowest BCUT2D eigenvalue weighted by molar-refractivity contribution is -0.121. The molecule has 22 heavy (non-hydrogen) atoms. The van der Waals surface area contributed by atoms with Crippen molar-refractivity contribution in [2.75, 3.05) is 7.11 Å². The normalized spacial score (nSPS) is 31.5. The molecule has 2 N–H and O–H groups in total. The molecule has 1 aliphatic carbocycles. The first-order chi connectivity index (χ1) is 10.5. The van der Waals surface area contributed by atoms with Crippen LogP contribution in [0.25, 0.3) is 0 Å². The summed E-state index contributed by atoms with van der Waals surface area (Å²) in [7, 11) is 1.49. The van der Waals surface area contributed by atoms with Gasteiger partial charge in [0, 0.05) is 5.56 Å². The van der Waals surface area contributed by atoms with Crippen LogP contribution in [0, 0.1) is 39.4 Å². The average molecular weight is 294 g/mol. The average Bonchev–Trinajstić information content (AvgIpc) is 3.12. The van der Waals surface area contributed by atoms with Crippen LogP contribution >= 0.6 is 0 Å². The SMILES string of the molecule is COc1ccc(C(=O)[C@@H]2[C@]3(C#N)C(=O)N=C(N)[C@]23C#N)cc1. The Bertz CT molecular complexity index is 815. The summed E-state index contributed by atoms with van der Waals surface area (Å²) < 4.78 is 5.01. The number of amides is 1. The van der Waals surface area contributed by atoms with Crippen LogP contribution in [0.1, 0.15) is 10.4 Å². The fraction of sp³-hybridized carbons (Fsp3) is 0.267. The number of Topliss-reactive ketones (excluding diaryl/α,β-unsaturated/α-hetero) is 1. The monoisotopic (exact) mass is 294 g/mol. The number of ether oxygens (including phenoxy) is 1. The van der Waals surface area contributed by atoms with Gasteiger partial charge in [0.1, 0.15) is 11.6 Å². The van der Waals surface area contributed by atoms with Gasteiger partial charge < -0.3 is 10.5 Å². The Kier molecular flexibility index (Phi) is 2.60. The van der Waals surface area contributed by atoms with Gasteiger partial charge in [-0.05, 0) is 24.3 Å². The largest absolute Gasteiger partial charge is 0.497 e. The summed E-state index contributed by atoms with van der Waals surface area (Å²) in [4.78, 5) is 28.1. The minimum atomic E-state index is -1.79. The predicted molar refractivity (Wildman–Crippen MR) is 73.5 cm³/mol. The van der Waals surface area contributed by atoms with E-state index < -0.39 is 28.4 Å². The van der Waals surface area contributed by atoms with Gasteiger partial charge in [0.15, 0.2) is 16.6 Å². The first-order valence-electron chi connectivity index (χ1n) is 6.39. The number of nitrogens with zero attached hydrogens (tertiary/aromatic N) is 3. The molecule has 3 rings (SSSR count). The van der Waals surface area contributed by atoms with E-state index in [-0.39, 0.29) is 11.4 Å². The number of methoxy groups -OCH3 is 1. The maximum atomic E-state index is 12.6. The Morgan fingerprint density at radius 3 is 2.32 bits per heavy atom. The number of rotatable bonds is 3. The van der Waals surface area contributed by atoms with E-state index >= 15 is 0 Å². The zero-order valence-corrected chi connectivity index (χ0v) is 11.5. The molecule has 1 heterocycles. The molecule has 0 aromatic heterocycles. The first-order valence-corrected chi connectivity index (χ1v) is 6.39. The summed E-state index contributed by atoms with van der Waals surface area (Å²) in [6.45, 7) is 0. The van der Waals surface area contributed by atoms with Crippen LogP contribution in [0.2, 0.25) is 0 Å². The summed E-state index contributed by atoms with van der Waals surface area (Å²) in [5.41, 5.74) is 2.50. The van der Waals surface area contributed by atoms with E-state index in [1.54, 1.807) is 18.2 Å². The summed E-state index contributed by atoms with van der Waals surface area (Å²) in [5.74, 6) is -2.10. The van der Waals surface area contributed by atoms with Gasteiger partial charge in [0.05, 0.1) is 25.2 Å². The second-order valence-electron chi connectivity index (χ2n) is 5.17. The van der Waals surface area contributed by atoms with Crippen LogP contribution in [0.5, 0.6) is 5.75 Å². The molecule has 7 heteroatoms. The molecule has 1 amide bonds. The van der Waals surface area contributed by atoms with Crippen LogP contribution in [0.3, 0.4) is 0 Å². The van der Waals surface area contributed by atoms with Gasteiger partial charge in [0.25, 0.3) is 5.91 Å². The van der Waals surface area contributed by atoms with Gasteiger partial charge in [-0.3, -0.25) is 9.59 Å². The van der Waals surface area contributed by atoms with Crippen molar-refractivity contribution in [1.82, 2.24) is 0 Å². The van der Waals surface area contributed by atoms with E-state index in [4.69, 9.17) is 10.5 Å². The van der Waals surface area contributed by atoms with Crippen molar-refractivity contribution in [2.24, 2.45) is 27.5 Å². The van der Waals surface area contributed by atoms with Crippen LogP contribution in [0.15, 0.2) is 29.3 Å². The molecule has 108 valence electrons. The van der Waals surface area contributed by atoms with Gasteiger partial charge in [-0.2, -0.15) is 15.5 Å². The fourth-order valence-electron chi connectivity index (χ4n) is 3.13. The number of aliphatic imine (C=N–C) groups is 1. The zero-order valence-electron chi connectivity index (χ0n) is 11.5. The van der Waals surface area contributed by atoms with E-state index in [0.29, 0.717) is 5.75 Å². The number of ketones is 1. The minimum absolute atomic E-state index is 0.256. The Morgan fingerprint density at radius 1 is 1.27 bits per heavy atom. The van der Waals surface area contributed by atoms with E-state index in [1.165, 1.54) is 19.2 Å². The van der Waals surface area contributed by atoms with Gasteiger partial charge in [-0.1, -0.05) is 0 Å². The number of hydrogen-bond acceptors (Lipinski definition) is 6. The molecule has 1 aliphatic heterocycles. The number of nitriles is 2. The summed E-state index contributed by atoms with van der Waals surface area (Å²) in [6.07, 6.45) is 0. The van der Waals surface area contributed by atoms with E-state index in [2.05, 4.69) is 4.99 Å². The molecule has 0 bridgehead atoms. The molecule has 1 saturated carbocycles. The summed E-state index contributed by atoms with van der Waals surface area (Å²) >= 11 is 0. The third kappa shape index (κ3) is 1.26. The van der Waals surface area contributed by atoms with Crippen molar-refractivity contribution < 1.29 is 14.3 Å². The molecule has 3 atom stereocenters. The van der Waals surface area contributed by atoms with Gasteiger partial charge in [-0.25, -0.2) is 0 Å². The second kappa shape index (κ2) is 4.15. The van der Waals surface area contributed by atoms with Gasteiger partial charge in [0.2, 0.25) is 0 Å². The van der Waals surface area contributed by atoms with Gasteiger partial charge >= 0.3 is 0 Å². The van der Waals surface area contributed by atoms with Crippen molar-refractivity contribution in [3.63, 3.8) is 0 Å². The van der Waals surface area contributed by atoms with Crippen molar-refractivity contribution in [3.05, 3.63) is 29.8 Å². The van der Waals surface area contributed by atoms with E-state index in [1.807, 2.05) is 6.07 Å². The van der Waals surface area contributed by atoms with Crippen molar-refractivity contribution >= 4 is 17.5 Å². The number of fused-ring (bicyclic) bond motifs is 1. The maximum Gasteiger partial charge on any atom is 0.270 e. The molecule has 2 aliphatic rings. The highest BCUT2D eigenvalue weighted by atomic mass is 16.5. The lowest BCUT2D eigenvalue weighted by Crippen LogP contribution is -2.27. The zero-order chi connectivity index (χ0) is 16.1. The Labute approximate surface area is 125 Å². The molecular weight excluding hydrogens is 284 g/mol. The van der Waals surface area contributed by atoms with Crippen LogP contribution in [0.4, 0.5) is 0 Å². The molecule has 1 aromatic rings. The molecule has 0 radical (unpaired) electrons. The number of nitrogens with two attached hydrogens (primary N) is 1. The first kappa shape index (κ1) is 13.8. The van der Waals surface area contributed by atoms with Gasteiger partial charge in [-0.15, -0.1) is 0 Å². The molecule has 0 spiro atoms. The number of benzene rings is 1. The molecular formula is C15H10N4O3. The standard InChI is InChI=1S/C15H10N4O3/c1-22-9-4-2-8(3-5-9)10(20)11-14(6-16)12(18)19-13(21)15(11,14)7-17/h2-5,11H,1H3,(H2,18,19,21)/t11-,14-,15+/m0/s1. The maximum absolute atomic E-state index is 12.6. The Hall–Kier alpha value is -3.19. The fourth-order valence-corrected chi connectivity index (χ4v) is 3.13. The Balaban J connectivity index is 2.05. The number of carbonyl (C=O) groups is 2. The Morgan fingerprint density at radius 2 is 1.86 bits per heavy atom. The second-order valence-corrected chi connectivity index (χ2v) is 5.17. The highest BCUT2D eigenvalue weighted by molar-refractivity contribution is 6.23. The van der Waals surface area contributed by atoms with Crippen molar-refractivity contribution in [1.29, 1.82) is 10.5 Å². The topological polar surface area (TPSA) is 129 Å². The lowest BCUT2D eigenvalue weighted by atomic mass is 9.97. The van der Waals surface area contributed by atoms with E-state index in [9.17, 15) is 20.1 Å². The number of amidine groups is 1. The summed E-state index contributed by atoms with van der Waals surface area (Å²) in [5, 5.41) is 18.8. The predicted octanol–water partition coefficient (Wildman–Crippen LogP) is 0.425. The molecule has 0 unspecified atom stereocenters.